The van der Waals surface area contributed by atoms with Gasteiger partial charge in [0.1, 0.15) is 5.82 Å². The van der Waals surface area contributed by atoms with Gasteiger partial charge in [0.25, 0.3) is 0 Å². The van der Waals surface area contributed by atoms with Crippen LogP contribution in [0.15, 0.2) is 18.2 Å². The fourth-order valence-electron chi connectivity index (χ4n) is 2.98. The number of piperazine rings is 1. The van der Waals surface area contributed by atoms with Crippen LogP contribution in [0, 0.1) is 11.7 Å². The summed E-state index contributed by atoms with van der Waals surface area (Å²) >= 11 is 0. The third-order valence-electron chi connectivity index (χ3n) is 3.97. The Labute approximate surface area is 140 Å². The molecule has 23 heavy (non-hydrogen) atoms. The van der Waals surface area contributed by atoms with Crippen molar-refractivity contribution in [1.29, 1.82) is 0 Å². The van der Waals surface area contributed by atoms with Gasteiger partial charge in [0.2, 0.25) is 0 Å². The zero-order valence-corrected chi connectivity index (χ0v) is 14.1. The summed E-state index contributed by atoms with van der Waals surface area (Å²) in [6, 6.07) is 2.39. The third-order valence-corrected chi connectivity index (χ3v) is 3.97. The van der Waals surface area contributed by atoms with E-state index < -0.39 is 23.6 Å². The molecule has 0 aliphatic carbocycles. The first-order valence-electron chi connectivity index (χ1n) is 7.60. The molecule has 0 amide bonds. The number of halogens is 5. The molecule has 0 spiro atoms. The van der Waals surface area contributed by atoms with Crippen molar-refractivity contribution in [3.63, 3.8) is 0 Å². The minimum Gasteiger partial charge on any atom is -0.314 e. The predicted octanol–water partition coefficient (Wildman–Crippen LogP) is 4.26. The van der Waals surface area contributed by atoms with Gasteiger partial charge in [-0.2, -0.15) is 13.2 Å². The van der Waals surface area contributed by atoms with Gasteiger partial charge < -0.3 is 5.32 Å². The summed E-state index contributed by atoms with van der Waals surface area (Å²) < 4.78 is 53.5. The molecule has 1 fully saturated rings. The van der Waals surface area contributed by atoms with Crippen molar-refractivity contribution in [3.05, 3.63) is 35.1 Å². The van der Waals surface area contributed by atoms with Gasteiger partial charge in [-0.15, -0.1) is 12.4 Å². The van der Waals surface area contributed by atoms with E-state index in [4.69, 9.17) is 0 Å². The van der Waals surface area contributed by atoms with Gasteiger partial charge in [0.15, 0.2) is 0 Å². The van der Waals surface area contributed by atoms with E-state index in [2.05, 4.69) is 5.32 Å². The minimum atomic E-state index is -4.47. The lowest BCUT2D eigenvalue weighted by atomic mass is 9.91. The van der Waals surface area contributed by atoms with Crippen LogP contribution in [0.2, 0.25) is 0 Å². The largest absolute Gasteiger partial charge is 0.416 e. The average Bonchev–Trinajstić information content (AvgIpc) is 2.44. The van der Waals surface area contributed by atoms with Gasteiger partial charge in [0.05, 0.1) is 5.56 Å². The van der Waals surface area contributed by atoms with Gasteiger partial charge in [-0.05, 0) is 36.1 Å². The quantitative estimate of drug-likeness (QED) is 0.813. The molecule has 7 heteroatoms. The SMILES string of the molecule is CC(C)C[C@H](c1cc(F)ccc1C(F)(F)F)N1CCNCC1.Cl. The lowest BCUT2D eigenvalue weighted by molar-refractivity contribution is -0.139. The summed E-state index contributed by atoms with van der Waals surface area (Å²) in [6.45, 7) is 6.77. The summed E-state index contributed by atoms with van der Waals surface area (Å²) in [5.41, 5.74) is -0.666. The van der Waals surface area contributed by atoms with Crippen LogP contribution >= 0.6 is 12.4 Å². The Bertz CT molecular complexity index is 499. The molecule has 1 aromatic rings. The highest BCUT2D eigenvalue weighted by atomic mass is 35.5. The Morgan fingerprint density at radius 1 is 1.17 bits per heavy atom. The highest BCUT2D eigenvalue weighted by molar-refractivity contribution is 5.85. The van der Waals surface area contributed by atoms with E-state index in [1.807, 2.05) is 18.7 Å². The highest BCUT2D eigenvalue weighted by Crippen LogP contribution is 2.39. The maximum Gasteiger partial charge on any atom is 0.416 e. The van der Waals surface area contributed by atoms with E-state index in [0.29, 0.717) is 19.5 Å². The number of rotatable bonds is 4. The van der Waals surface area contributed by atoms with Crippen molar-refractivity contribution in [2.75, 3.05) is 26.2 Å². The van der Waals surface area contributed by atoms with Gasteiger partial charge >= 0.3 is 6.18 Å². The van der Waals surface area contributed by atoms with Crippen LogP contribution in [0.4, 0.5) is 17.6 Å². The number of benzene rings is 1. The van der Waals surface area contributed by atoms with Crippen molar-refractivity contribution < 1.29 is 17.6 Å². The molecule has 1 N–H and O–H groups in total. The molecule has 0 aromatic heterocycles. The van der Waals surface area contributed by atoms with Crippen LogP contribution in [0.5, 0.6) is 0 Å². The topological polar surface area (TPSA) is 15.3 Å². The normalized spacial score (nSPS) is 17.9. The van der Waals surface area contributed by atoms with Gasteiger partial charge in [0, 0.05) is 32.2 Å². The molecule has 1 aliphatic rings. The van der Waals surface area contributed by atoms with Crippen molar-refractivity contribution >= 4 is 12.4 Å². The summed E-state index contributed by atoms with van der Waals surface area (Å²) in [7, 11) is 0. The zero-order valence-electron chi connectivity index (χ0n) is 13.3. The molecule has 1 aromatic carbocycles. The Balaban J connectivity index is 0.00000264. The summed E-state index contributed by atoms with van der Waals surface area (Å²) in [6.07, 6.45) is -3.89. The third kappa shape index (κ3) is 5.33. The Hall–Kier alpha value is -0.850. The summed E-state index contributed by atoms with van der Waals surface area (Å²) in [5.74, 6) is -0.392. The molecule has 0 saturated carbocycles. The number of hydrogen-bond donors (Lipinski definition) is 1. The van der Waals surface area contributed by atoms with E-state index in [0.717, 1.165) is 31.3 Å². The predicted molar refractivity (Wildman–Crippen MR) is 85.3 cm³/mol. The number of nitrogens with one attached hydrogen (secondary N) is 1. The number of alkyl halides is 3. The summed E-state index contributed by atoms with van der Waals surface area (Å²) in [4.78, 5) is 2.03. The zero-order chi connectivity index (χ0) is 16.3. The average molecular weight is 355 g/mol. The van der Waals surface area contributed by atoms with Gasteiger partial charge in [-0.1, -0.05) is 13.8 Å². The van der Waals surface area contributed by atoms with Crippen LogP contribution in [0.3, 0.4) is 0 Å². The minimum absolute atomic E-state index is 0. The van der Waals surface area contributed by atoms with Crippen LogP contribution < -0.4 is 5.32 Å². The molecular weight excluding hydrogens is 332 g/mol. The molecular formula is C16H23ClF4N2. The smallest absolute Gasteiger partial charge is 0.314 e. The van der Waals surface area contributed by atoms with E-state index in [1.54, 1.807) is 0 Å². The molecule has 1 heterocycles. The van der Waals surface area contributed by atoms with Gasteiger partial charge in [-0.25, -0.2) is 4.39 Å². The van der Waals surface area contributed by atoms with Crippen LogP contribution in [-0.4, -0.2) is 31.1 Å². The standard InChI is InChI=1S/C16H22F4N2.ClH/c1-11(2)9-15(22-7-5-21-6-8-22)13-10-12(17)3-4-14(13)16(18,19)20;/h3-4,10-11,15,21H,5-9H2,1-2H3;1H/t15-;/m1./s1. The first-order valence-corrected chi connectivity index (χ1v) is 7.60. The van der Waals surface area contributed by atoms with Crippen molar-refractivity contribution in [2.45, 2.75) is 32.5 Å². The molecule has 0 unspecified atom stereocenters. The molecule has 0 radical (unpaired) electrons. The maximum atomic E-state index is 13.6. The molecule has 1 aliphatic heterocycles. The van der Waals surface area contributed by atoms with Crippen LogP contribution in [-0.2, 0) is 6.18 Å². The lowest BCUT2D eigenvalue weighted by Gasteiger charge is -2.37. The first kappa shape index (κ1) is 20.2. The van der Waals surface area contributed by atoms with Crippen molar-refractivity contribution in [2.24, 2.45) is 5.92 Å². The number of hydrogen-bond acceptors (Lipinski definition) is 2. The van der Waals surface area contributed by atoms with E-state index in [9.17, 15) is 17.6 Å². The fourth-order valence-corrected chi connectivity index (χ4v) is 2.98. The molecule has 2 nitrogen and oxygen atoms in total. The van der Waals surface area contributed by atoms with Crippen LogP contribution in [0.25, 0.3) is 0 Å². The van der Waals surface area contributed by atoms with Crippen molar-refractivity contribution in [1.82, 2.24) is 10.2 Å². The van der Waals surface area contributed by atoms with E-state index in [-0.39, 0.29) is 23.9 Å². The Kier molecular flexibility index (Phi) is 7.29. The number of nitrogens with zero attached hydrogens (tertiary/aromatic N) is 1. The second kappa shape index (κ2) is 8.31. The second-order valence-electron chi connectivity index (χ2n) is 6.16. The second-order valence-corrected chi connectivity index (χ2v) is 6.16. The highest BCUT2D eigenvalue weighted by Gasteiger charge is 2.37. The first-order chi connectivity index (χ1) is 10.3. The Morgan fingerprint density at radius 2 is 1.78 bits per heavy atom. The Morgan fingerprint density at radius 3 is 2.30 bits per heavy atom. The molecule has 1 saturated heterocycles. The molecule has 132 valence electrons. The molecule has 0 bridgehead atoms. The molecule has 1 atom stereocenters. The lowest BCUT2D eigenvalue weighted by Crippen LogP contribution is -2.45. The summed E-state index contributed by atoms with van der Waals surface area (Å²) in [5, 5.41) is 3.19. The van der Waals surface area contributed by atoms with E-state index in [1.165, 1.54) is 0 Å². The fraction of sp³-hybridized carbons (Fsp3) is 0.625. The maximum absolute atomic E-state index is 13.6. The molecule has 2 rings (SSSR count). The van der Waals surface area contributed by atoms with Crippen LogP contribution in [0.1, 0.15) is 37.4 Å². The van der Waals surface area contributed by atoms with E-state index >= 15 is 0 Å². The van der Waals surface area contributed by atoms with Crippen molar-refractivity contribution in [3.8, 4) is 0 Å². The monoisotopic (exact) mass is 354 g/mol. The van der Waals surface area contributed by atoms with Gasteiger partial charge in [-0.3, -0.25) is 4.90 Å².